The lowest BCUT2D eigenvalue weighted by Gasteiger charge is -2.19. The van der Waals surface area contributed by atoms with Crippen LogP contribution in [-0.2, 0) is 0 Å². The van der Waals surface area contributed by atoms with E-state index in [2.05, 4.69) is 10.2 Å². The second-order valence-corrected chi connectivity index (χ2v) is 5.08. The van der Waals surface area contributed by atoms with Gasteiger partial charge in [-0.25, -0.2) is 0 Å². The van der Waals surface area contributed by atoms with Crippen molar-refractivity contribution in [1.29, 1.82) is 0 Å². The Morgan fingerprint density at radius 3 is 2.48 bits per heavy atom. The van der Waals surface area contributed by atoms with Crippen LogP contribution in [0.1, 0.15) is 10.4 Å². The number of hydrogen-bond acceptors (Lipinski definition) is 4. The standard InChI is InChI=1S/C18H22N2O3/c1-20(14-7-5-4-6-8-14)12-11-19-18(21)16-10-9-15(22-2)13-17(16)23-3/h4-10,13H,11-12H2,1-3H3,(H,19,21). The molecule has 2 rings (SSSR count). The molecule has 0 saturated heterocycles. The third kappa shape index (κ3) is 4.39. The van der Waals surface area contributed by atoms with Gasteiger partial charge in [0.05, 0.1) is 19.8 Å². The zero-order chi connectivity index (χ0) is 16.7. The van der Waals surface area contributed by atoms with Gasteiger partial charge in [0.25, 0.3) is 5.91 Å². The molecule has 2 aromatic carbocycles. The first-order valence-corrected chi connectivity index (χ1v) is 7.42. The molecule has 0 unspecified atom stereocenters. The Bertz CT molecular complexity index is 644. The third-order valence-corrected chi connectivity index (χ3v) is 3.58. The Labute approximate surface area is 136 Å². The molecule has 0 bridgehead atoms. The minimum Gasteiger partial charge on any atom is -0.497 e. The van der Waals surface area contributed by atoms with Crippen LogP contribution in [0, 0.1) is 0 Å². The maximum atomic E-state index is 12.3. The number of methoxy groups -OCH3 is 2. The molecule has 0 aliphatic rings. The molecule has 0 atom stereocenters. The highest BCUT2D eigenvalue weighted by Gasteiger charge is 2.13. The number of anilines is 1. The van der Waals surface area contributed by atoms with Crippen LogP contribution >= 0.6 is 0 Å². The van der Waals surface area contributed by atoms with Crippen LogP contribution in [0.2, 0.25) is 0 Å². The lowest BCUT2D eigenvalue weighted by atomic mass is 10.1. The van der Waals surface area contributed by atoms with Crippen molar-refractivity contribution >= 4 is 11.6 Å². The molecule has 1 amide bonds. The largest absolute Gasteiger partial charge is 0.497 e. The summed E-state index contributed by atoms with van der Waals surface area (Å²) in [5.74, 6) is 0.992. The van der Waals surface area contributed by atoms with E-state index in [4.69, 9.17) is 9.47 Å². The van der Waals surface area contributed by atoms with Gasteiger partial charge in [0.1, 0.15) is 11.5 Å². The molecule has 0 radical (unpaired) electrons. The number of para-hydroxylation sites is 1. The van der Waals surface area contributed by atoms with Gasteiger partial charge in [0, 0.05) is 31.9 Å². The Balaban J connectivity index is 1.92. The van der Waals surface area contributed by atoms with E-state index in [-0.39, 0.29) is 5.91 Å². The molecule has 0 aromatic heterocycles. The molecular weight excluding hydrogens is 292 g/mol. The number of nitrogens with one attached hydrogen (secondary N) is 1. The summed E-state index contributed by atoms with van der Waals surface area (Å²) in [5.41, 5.74) is 1.61. The topological polar surface area (TPSA) is 50.8 Å². The summed E-state index contributed by atoms with van der Waals surface area (Å²) in [6.07, 6.45) is 0. The van der Waals surface area contributed by atoms with Gasteiger partial charge in [-0.05, 0) is 24.3 Å². The van der Waals surface area contributed by atoms with E-state index in [1.165, 1.54) is 7.11 Å². The third-order valence-electron chi connectivity index (χ3n) is 3.58. The summed E-state index contributed by atoms with van der Waals surface area (Å²) in [6, 6.07) is 15.2. The van der Waals surface area contributed by atoms with Crippen LogP contribution in [0.25, 0.3) is 0 Å². The van der Waals surface area contributed by atoms with Crippen molar-refractivity contribution in [1.82, 2.24) is 5.32 Å². The van der Waals surface area contributed by atoms with E-state index in [1.807, 2.05) is 37.4 Å². The highest BCUT2D eigenvalue weighted by molar-refractivity contribution is 5.97. The van der Waals surface area contributed by atoms with E-state index in [0.717, 1.165) is 5.69 Å². The number of likely N-dealkylation sites (N-methyl/N-ethyl adjacent to an activating group) is 1. The monoisotopic (exact) mass is 314 g/mol. The second kappa shape index (κ2) is 8.08. The first-order valence-electron chi connectivity index (χ1n) is 7.42. The Morgan fingerprint density at radius 2 is 1.83 bits per heavy atom. The van der Waals surface area contributed by atoms with Gasteiger partial charge in [-0.3, -0.25) is 4.79 Å². The smallest absolute Gasteiger partial charge is 0.255 e. The fourth-order valence-corrected chi connectivity index (χ4v) is 2.23. The predicted molar refractivity (Wildman–Crippen MR) is 91.6 cm³/mol. The van der Waals surface area contributed by atoms with Crippen molar-refractivity contribution in [2.24, 2.45) is 0 Å². The number of carbonyl (C=O) groups is 1. The van der Waals surface area contributed by atoms with E-state index in [9.17, 15) is 4.79 Å². The Kier molecular flexibility index (Phi) is 5.86. The van der Waals surface area contributed by atoms with E-state index in [0.29, 0.717) is 30.2 Å². The molecule has 5 nitrogen and oxygen atoms in total. The van der Waals surface area contributed by atoms with Crippen LogP contribution in [-0.4, -0.2) is 40.3 Å². The minimum absolute atomic E-state index is 0.161. The quantitative estimate of drug-likeness (QED) is 0.853. The first-order chi connectivity index (χ1) is 11.2. The molecule has 122 valence electrons. The van der Waals surface area contributed by atoms with Crippen molar-refractivity contribution in [3.63, 3.8) is 0 Å². The maximum Gasteiger partial charge on any atom is 0.255 e. The van der Waals surface area contributed by atoms with Gasteiger partial charge in [-0.1, -0.05) is 18.2 Å². The number of carbonyl (C=O) groups excluding carboxylic acids is 1. The Morgan fingerprint density at radius 1 is 1.09 bits per heavy atom. The lowest BCUT2D eigenvalue weighted by molar-refractivity contribution is 0.0951. The average molecular weight is 314 g/mol. The normalized spacial score (nSPS) is 10.0. The fourth-order valence-electron chi connectivity index (χ4n) is 2.23. The predicted octanol–water partition coefficient (Wildman–Crippen LogP) is 2.57. The molecule has 1 N–H and O–H groups in total. The van der Waals surface area contributed by atoms with Crippen LogP contribution in [0.4, 0.5) is 5.69 Å². The maximum absolute atomic E-state index is 12.3. The minimum atomic E-state index is -0.161. The van der Waals surface area contributed by atoms with Gasteiger partial charge >= 0.3 is 0 Å². The van der Waals surface area contributed by atoms with Crippen LogP contribution < -0.4 is 19.7 Å². The lowest BCUT2D eigenvalue weighted by Crippen LogP contribution is -2.33. The van der Waals surface area contributed by atoms with Crippen molar-refractivity contribution in [2.45, 2.75) is 0 Å². The van der Waals surface area contributed by atoms with Gasteiger partial charge < -0.3 is 19.7 Å². The summed E-state index contributed by atoms with van der Waals surface area (Å²) >= 11 is 0. The van der Waals surface area contributed by atoms with Gasteiger partial charge in [-0.15, -0.1) is 0 Å². The number of hydrogen-bond donors (Lipinski definition) is 1. The van der Waals surface area contributed by atoms with Gasteiger partial charge in [-0.2, -0.15) is 0 Å². The molecule has 0 aliphatic carbocycles. The van der Waals surface area contributed by atoms with E-state index in [1.54, 1.807) is 25.3 Å². The number of nitrogens with zero attached hydrogens (tertiary/aromatic N) is 1. The summed E-state index contributed by atoms with van der Waals surface area (Å²) in [5, 5.41) is 2.91. The van der Waals surface area contributed by atoms with Crippen molar-refractivity contribution in [3.05, 3.63) is 54.1 Å². The van der Waals surface area contributed by atoms with Crippen molar-refractivity contribution in [2.75, 3.05) is 39.3 Å². The van der Waals surface area contributed by atoms with Crippen LogP contribution in [0.3, 0.4) is 0 Å². The van der Waals surface area contributed by atoms with E-state index < -0.39 is 0 Å². The molecular formula is C18H22N2O3. The Hall–Kier alpha value is -2.69. The number of amides is 1. The molecule has 0 aliphatic heterocycles. The number of ether oxygens (including phenoxy) is 2. The van der Waals surface area contributed by atoms with E-state index >= 15 is 0 Å². The molecule has 2 aromatic rings. The number of rotatable bonds is 7. The van der Waals surface area contributed by atoms with Crippen LogP contribution in [0.5, 0.6) is 11.5 Å². The summed E-state index contributed by atoms with van der Waals surface area (Å²) in [4.78, 5) is 14.4. The zero-order valence-electron chi connectivity index (χ0n) is 13.7. The molecule has 0 heterocycles. The van der Waals surface area contributed by atoms with Crippen LogP contribution in [0.15, 0.2) is 48.5 Å². The SMILES string of the molecule is COc1ccc(C(=O)NCCN(C)c2ccccc2)c(OC)c1. The van der Waals surface area contributed by atoms with Gasteiger partial charge in [0.2, 0.25) is 0 Å². The van der Waals surface area contributed by atoms with Crippen molar-refractivity contribution in [3.8, 4) is 11.5 Å². The average Bonchev–Trinajstić information content (AvgIpc) is 2.61. The molecule has 0 fully saturated rings. The first kappa shape index (κ1) is 16.7. The molecule has 0 saturated carbocycles. The zero-order valence-corrected chi connectivity index (χ0v) is 13.7. The summed E-state index contributed by atoms with van der Waals surface area (Å²) in [6.45, 7) is 1.26. The molecule has 5 heteroatoms. The number of benzene rings is 2. The van der Waals surface area contributed by atoms with Crippen molar-refractivity contribution < 1.29 is 14.3 Å². The fraction of sp³-hybridized carbons (Fsp3) is 0.278. The summed E-state index contributed by atoms with van der Waals surface area (Å²) < 4.78 is 10.4. The molecule has 23 heavy (non-hydrogen) atoms. The second-order valence-electron chi connectivity index (χ2n) is 5.08. The molecule has 0 spiro atoms. The highest BCUT2D eigenvalue weighted by Crippen LogP contribution is 2.24. The highest BCUT2D eigenvalue weighted by atomic mass is 16.5. The summed E-state index contributed by atoms with van der Waals surface area (Å²) in [7, 11) is 5.11. The van der Waals surface area contributed by atoms with Gasteiger partial charge in [0.15, 0.2) is 0 Å².